The van der Waals surface area contributed by atoms with Gasteiger partial charge in [-0.25, -0.2) is 9.59 Å². The molecule has 0 saturated carbocycles. The Balaban J connectivity index is 1.96. The molecule has 0 spiro atoms. The van der Waals surface area contributed by atoms with Crippen LogP contribution in [0.15, 0.2) is 60.7 Å². The number of carboxylic acids is 2. The lowest BCUT2D eigenvalue weighted by atomic mass is 9.94. The van der Waals surface area contributed by atoms with E-state index in [0.29, 0.717) is 32.7 Å². The van der Waals surface area contributed by atoms with Crippen LogP contribution in [-0.2, 0) is 0 Å². The predicted molar refractivity (Wildman–Crippen MR) is 104 cm³/mol. The monoisotopic (exact) mass is 374 g/mol. The molecule has 0 bridgehead atoms. The number of hydrogen-bond acceptors (Lipinski definition) is 4. The Morgan fingerprint density at radius 1 is 0.607 bits per heavy atom. The fourth-order valence-electron chi connectivity index (χ4n) is 3.35. The summed E-state index contributed by atoms with van der Waals surface area (Å²) in [7, 11) is 0. The normalized spacial score (nSPS) is 11.0. The van der Waals surface area contributed by atoms with E-state index in [1.807, 2.05) is 0 Å². The van der Waals surface area contributed by atoms with Gasteiger partial charge in [-0.15, -0.1) is 0 Å². The van der Waals surface area contributed by atoms with Gasteiger partial charge in [0.15, 0.2) is 0 Å². The molecule has 0 aliphatic heterocycles. The Labute approximate surface area is 158 Å². The first-order valence-electron chi connectivity index (χ1n) is 8.34. The fourth-order valence-corrected chi connectivity index (χ4v) is 3.35. The number of rotatable bonds is 3. The number of hydrogen-bond donors (Lipinski definition) is 4. The highest BCUT2D eigenvalue weighted by Crippen LogP contribution is 2.35. The highest BCUT2D eigenvalue weighted by molar-refractivity contribution is 6.08. The maximum absolute atomic E-state index is 11.7. The zero-order valence-electron chi connectivity index (χ0n) is 14.4. The van der Waals surface area contributed by atoms with Crippen LogP contribution >= 0.6 is 0 Å². The van der Waals surface area contributed by atoms with Crippen LogP contribution in [0.1, 0.15) is 20.7 Å². The Kier molecular flexibility index (Phi) is 3.89. The summed E-state index contributed by atoms with van der Waals surface area (Å²) in [5.41, 5.74) is 1.12. The van der Waals surface area contributed by atoms with Gasteiger partial charge in [-0.2, -0.15) is 0 Å². The van der Waals surface area contributed by atoms with E-state index in [2.05, 4.69) is 0 Å². The molecule has 6 nitrogen and oxygen atoms in total. The standard InChI is InChI=1S/C22H14O6/c23-19-3-1-2-15-16(19)8-14(9-17(15)21(25)26)11-4-5-12-7-18(22(27)28)20(24)10-13(12)6-11/h1-10,23-24H,(H,25,26)(H,27,28). The first-order chi connectivity index (χ1) is 13.3. The van der Waals surface area contributed by atoms with E-state index in [-0.39, 0.29) is 22.6 Å². The zero-order valence-corrected chi connectivity index (χ0v) is 14.4. The number of carboxylic acid groups (broad SMARTS) is 2. The van der Waals surface area contributed by atoms with E-state index in [0.717, 1.165) is 0 Å². The minimum atomic E-state index is -1.22. The third-order valence-electron chi connectivity index (χ3n) is 4.72. The minimum absolute atomic E-state index is 0.0219. The van der Waals surface area contributed by atoms with Crippen molar-refractivity contribution >= 4 is 33.5 Å². The van der Waals surface area contributed by atoms with E-state index in [4.69, 9.17) is 5.11 Å². The largest absolute Gasteiger partial charge is 0.507 e. The van der Waals surface area contributed by atoms with Crippen LogP contribution in [0.4, 0.5) is 0 Å². The number of carbonyl (C=O) groups is 2. The molecule has 0 radical (unpaired) electrons. The molecule has 0 fully saturated rings. The Bertz CT molecular complexity index is 1290. The highest BCUT2D eigenvalue weighted by Gasteiger charge is 2.15. The van der Waals surface area contributed by atoms with Gasteiger partial charge in [0.1, 0.15) is 17.1 Å². The molecule has 138 valence electrons. The summed E-state index contributed by atoms with van der Waals surface area (Å²) in [5, 5.41) is 40.9. The molecule has 0 aliphatic rings. The number of benzene rings is 4. The SMILES string of the molecule is O=C(O)c1cc2ccc(-c3cc(C(=O)O)c4cccc(O)c4c3)cc2cc1O. The number of fused-ring (bicyclic) bond motifs is 2. The molecule has 4 rings (SSSR count). The van der Waals surface area contributed by atoms with Crippen molar-refractivity contribution in [2.45, 2.75) is 0 Å². The molecule has 6 heteroatoms. The van der Waals surface area contributed by atoms with E-state index in [1.54, 1.807) is 36.4 Å². The van der Waals surface area contributed by atoms with Gasteiger partial charge in [0.05, 0.1) is 5.56 Å². The van der Waals surface area contributed by atoms with Crippen molar-refractivity contribution in [3.05, 3.63) is 71.8 Å². The molecule has 0 amide bonds. The van der Waals surface area contributed by atoms with Crippen LogP contribution < -0.4 is 0 Å². The molecule has 0 saturated heterocycles. The van der Waals surface area contributed by atoms with Crippen molar-refractivity contribution in [1.82, 2.24) is 0 Å². The summed E-state index contributed by atoms with van der Waals surface area (Å²) in [6, 6.07) is 15.8. The maximum Gasteiger partial charge on any atom is 0.339 e. The zero-order chi connectivity index (χ0) is 20.0. The van der Waals surface area contributed by atoms with Gasteiger partial charge in [-0.05, 0) is 63.7 Å². The van der Waals surface area contributed by atoms with Crippen molar-refractivity contribution in [3.63, 3.8) is 0 Å². The van der Waals surface area contributed by atoms with Crippen molar-refractivity contribution in [2.75, 3.05) is 0 Å². The number of aromatic carboxylic acids is 2. The molecule has 28 heavy (non-hydrogen) atoms. The lowest BCUT2D eigenvalue weighted by molar-refractivity contribution is 0.0685. The molecular formula is C22H14O6. The van der Waals surface area contributed by atoms with E-state index >= 15 is 0 Å². The average molecular weight is 374 g/mol. The number of aromatic hydroxyl groups is 2. The Morgan fingerprint density at radius 2 is 1.36 bits per heavy atom. The van der Waals surface area contributed by atoms with Gasteiger partial charge in [-0.3, -0.25) is 0 Å². The van der Waals surface area contributed by atoms with Gasteiger partial charge in [-0.1, -0.05) is 24.3 Å². The minimum Gasteiger partial charge on any atom is -0.507 e. The maximum atomic E-state index is 11.7. The average Bonchev–Trinajstić information content (AvgIpc) is 2.66. The van der Waals surface area contributed by atoms with Gasteiger partial charge in [0, 0.05) is 5.39 Å². The lowest BCUT2D eigenvalue weighted by Gasteiger charge is -2.11. The van der Waals surface area contributed by atoms with Gasteiger partial charge < -0.3 is 20.4 Å². The van der Waals surface area contributed by atoms with Crippen LogP contribution in [0.3, 0.4) is 0 Å². The summed E-state index contributed by atoms with van der Waals surface area (Å²) in [6.45, 7) is 0. The molecule has 0 atom stereocenters. The first kappa shape index (κ1) is 17.4. The van der Waals surface area contributed by atoms with Crippen molar-refractivity contribution in [1.29, 1.82) is 0 Å². The van der Waals surface area contributed by atoms with Crippen LogP contribution in [-0.4, -0.2) is 32.4 Å². The van der Waals surface area contributed by atoms with Crippen LogP contribution in [0.2, 0.25) is 0 Å². The molecule has 0 aliphatic carbocycles. The first-order valence-corrected chi connectivity index (χ1v) is 8.34. The Morgan fingerprint density at radius 3 is 2.07 bits per heavy atom. The highest BCUT2D eigenvalue weighted by atomic mass is 16.4. The third kappa shape index (κ3) is 2.77. The van der Waals surface area contributed by atoms with E-state index in [1.165, 1.54) is 24.3 Å². The third-order valence-corrected chi connectivity index (χ3v) is 4.72. The summed E-state index contributed by atoms with van der Waals surface area (Å²) >= 11 is 0. The van der Waals surface area contributed by atoms with Crippen LogP contribution in [0, 0.1) is 0 Å². The quantitative estimate of drug-likeness (QED) is 0.421. The molecule has 4 aromatic rings. The summed E-state index contributed by atoms with van der Waals surface area (Å²) in [4.78, 5) is 22.9. The van der Waals surface area contributed by atoms with Gasteiger partial charge in [0.2, 0.25) is 0 Å². The summed E-state index contributed by atoms with van der Waals surface area (Å²) in [5.74, 6) is -2.70. The van der Waals surface area contributed by atoms with Crippen molar-refractivity contribution < 1.29 is 30.0 Å². The number of phenolic OH excluding ortho intramolecular Hbond substituents is 1. The molecule has 0 heterocycles. The molecule has 0 unspecified atom stereocenters. The molecule has 0 aromatic heterocycles. The Hall–Kier alpha value is -4.06. The molecule has 4 N–H and O–H groups in total. The van der Waals surface area contributed by atoms with E-state index in [9.17, 15) is 24.9 Å². The smallest absolute Gasteiger partial charge is 0.339 e. The second-order valence-corrected chi connectivity index (χ2v) is 6.44. The summed E-state index contributed by atoms with van der Waals surface area (Å²) < 4.78 is 0. The molecular weight excluding hydrogens is 360 g/mol. The van der Waals surface area contributed by atoms with Crippen molar-refractivity contribution in [3.8, 4) is 22.6 Å². The topological polar surface area (TPSA) is 115 Å². The van der Waals surface area contributed by atoms with Crippen LogP contribution in [0.25, 0.3) is 32.7 Å². The van der Waals surface area contributed by atoms with E-state index < -0.39 is 11.9 Å². The summed E-state index contributed by atoms with van der Waals surface area (Å²) in [6.07, 6.45) is 0. The second kappa shape index (κ2) is 6.28. The van der Waals surface area contributed by atoms with Gasteiger partial charge in [0.25, 0.3) is 0 Å². The second-order valence-electron chi connectivity index (χ2n) is 6.44. The predicted octanol–water partition coefficient (Wildman–Crippen LogP) is 4.47. The molecule has 4 aromatic carbocycles. The van der Waals surface area contributed by atoms with Crippen molar-refractivity contribution in [2.24, 2.45) is 0 Å². The number of phenols is 2. The fraction of sp³-hybridized carbons (Fsp3) is 0. The van der Waals surface area contributed by atoms with Gasteiger partial charge >= 0.3 is 11.9 Å². The lowest BCUT2D eigenvalue weighted by Crippen LogP contribution is -1.98. The van der Waals surface area contributed by atoms with Crippen LogP contribution in [0.5, 0.6) is 11.5 Å².